The average Bonchev–Trinajstić information content (AvgIpc) is 2.37. The predicted molar refractivity (Wildman–Crippen MR) is 91.5 cm³/mol. The Hall–Kier alpha value is 0.150. The van der Waals surface area contributed by atoms with Gasteiger partial charge in [-0.15, -0.1) is 12.4 Å². The van der Waals surface area contributed by atoms with Gasteiger partial charge in [-0.3, -0.25) is 0 Å². The minimum atomic E-state index is -3.64. The Labute approximate surface area is 145 Å². The van der Waals surface area contributed by atoms with Crippen LogP contribution in [0.4, 0.5) is 0 Å². The zero-order valence-corrected chi connectivity index (χ0v) is 15.6. The van der Waals surface area contributed by atoms with E-state index in [9.17, 15) is 8.42 Å². The molecular formula is C13H19BrCl2N2O2S. The molecule has 0 aromatic heterocycles. The molecule has 0 saturated carbocycles. The summed E-state index contributed by atoms with van der Waals surface area (Å²) in [6.45, 7) is 2.86. The number of halogens is 3. The second kappa shape index (κ2) is 7.62. The van der Waals surface area contributed by atoms with Crippen molar-refractivity contribution in [3.8, 4) is 0 Å². The Morgan fingerprint density at radius 3 is 2.71 bits per heavy atom. The molecular weight excluding hydrogens is 399 g/mol. The van der Waals surface area contributed by atoms with Gasteiger partial charge in [-0.1, -0.05) is 24.6 Å². The highest BCUT2D eigenvalue weighted by Gasteiger charge is 2.38. The highest BCUT2D eigenvalue weighted by molar-refractivity contribution is 9.10. The van der Waals surface area contributed by atoms with Gasteiger partial charge < -0.3 is 5.73 Å². The van der Waals surface area contributed by atoms with Crippen molar-refractivity contribution >= 4 is 50.0 Å². The van der Waals surface area contributed by atoms with Crippen LogP contribution < -0.4 is 5.73 Å². The number of hydrogen-bond donors (Lipinski definition) is 1. The summed E-state index contributed by atoms with van der Waals surface area (Å²) in [5, 5.41) is 0.230. The van der Waals surface area contributed by atoms with Crippen molar-refractivity contribution in [2.75, 3.05) is 13.1 Å². The monoisotopic (exact) mass is 416 g/mol. The molecule has 1 aromatic carbocycles. The van der Waals surface area contributed by atoms with Crippen LogP contribution in [0.2, 0.25) is 5.02 Å². The lowest BCUT2D eigenvalue weighted by molar-refractivity contribution is 0.192. The number of piperidine rings is 1. The number of sulfonamides is 1. The Balaban J connectivity index is 0.00000220. The maximum absolute atomic E-state index is 12.9. The first-order valence-corrected chi connectivity index (χ1v) is 9.16. The maximum atomic E-state index is 12.9. The molecule has 120 valence electrons. The minimum absolute atomic E-state index is 0. The molecule has 21 heavy (non-hydrogen) atoms. The first-order valence-electron chi connectivity index (χ1n) is 6.55. The van der Waals surface area contributed by atoms with E-state index in [2.05, 4.69) is 15.9 Å². The third kappa shape index (κ3) is 3.74. The molecule has 2 atom stereocenters. The van der Waals surface area contributed by atoms with Crippen LogP contribution in [0.5, 0.6) is 0 Å². The standard InChI is InChI=1S/C13H18BrClN2O2S.ClH/c1-9-4-3-7-17(12(9)8-16)20(18,19)13-10(14)5-2-6-11(13)15;/h2,5-6,9,12H,3-4,7-8,16H2,1H3;1H. The average molecular weight is 418 g/mol. The van der Waals surface area contributed by atoms with Crippen molar-refractivity contribution in [2.24, 2.45) is 11.7 Å². The predicted octanol–water partition coefficient (Wildman–Crippen LogP) is 3.27. The molecule has 1 aliphatic heterocycles. The van der Waals surface area contributed by atoms with E-state index in [1.165, 1.54) is 4.31 Å². The summed E-state index contributed by atoms with van der Waals surface area (Å²) in [6, 6.07) is 4.81. The Morgan fingerprint density at radius 2 is 2.14 bits per heavy atom. The maximum Gasteiger partial charge on any atom is 0.245 e. The summed E-state index contributed by atoms with van der Waals surface area (Å²) < 4.78 is 27.8. The van der Waals surface area contributed by atoms with Gasteiger partial charge in [0.05, 0.1) is 5.02 Å². The van der Waals surface area contributed by atoms with E-state index in [0.717, 1.165) is 12.8 Å². The largest absolute Gasteiger partial charge is 0.329 e. The number of nitrogens with two attached hydrogens (primary N) is 1. The van der Waals surface area contributed by atoms with Gasteiger partial charge in [0.1, 0.15) is 4.90 Å². The SMILES string of the molecule is CC1CCCN(S(=O)(=O)c2c(Cl)cccc2Br)C1CN.Cl. The van der Waals surface area contributed by atoms with Crippen molar-refractivity contribution in [1.82, 2.24) is 4.31 Å². The summed E-state index contributed by atoms with van der Waals surface area (Å²) in [5.41, 5.74) is 5.78. The van der Waals surface area contributed by atoms with Crippen LogP contribution >= 0.6 is 39.9 Å². The second-order valence-corrected chi connectivity index (χ2v) is 8.18. The molecule has 0 radical (unpaired) electrons. The zero-order valence-electron chi connectivity index (χ0n) is 11.6. The van der Waals surface area contributed by atoms with Gasteiger partial charge in [0.2, 0.25) is 10.0 Å². The topological polar surface area (TPSA) is 63.4 Å². The lowest BCUT2D eigenvalue weighted by Crippen LogP contribution is -2.51. The van der Waals surface area contributed by atoms with Crippen LogP contribution in [0.1, 0.15) is 19.8 Å². The second-order valence-electron chi connectivity index (χ2n) is 5.09. The molecule has 0 aliphatic carbocycles. The van der Waals surface area contributed by atoms with Gasteiger partial charge in [0, 0.05) is 23.6 Å². The lowest BCUT2D eigenvalue weighted by atomic mass is 9.93. The Morgan fingerprint density at radius 1 is 1.48 bits per heavy atom. The normalized spacial score (nSPS) is 23.6. The molecule has 1 saturated heterocycles. The number of rotatable bonds is 3. The van der Waals surface area contributed by atoms with Crippen LogP contribution in [0.3, 0.4) is 0 Å². The Kier molecular flexibility index (Phi) is 6.96. The van der Waals surface area contributed by atoms with E-state index in [1.807, 2.05) is 6.92 Å². The van der Waals surface area contributed by atoms with Gasteiger partial charge in [-0.05, 0) is 46.8 Å². The van der Waals surface area contributed by atoms with Gasteiger partial charge in [0.15, 0.2) is 0 Å². The molecule has 0 spiro atoms. The molecule has 2 N–H and O–H groups in total. The smallest absolute Gasteiger partial charge is 0.245 e. The van der Waals surface area contributed by atoms with E-state index < -0.39 is 10.0 Å². The molecule has 2 unspecified atom stereocenters. The van der Waals surface area contributed by atoms with Gasteiger partial charge in [-0.2, -0.15) is 4.31 Å². The molecule has 2 rings (SSSR count). The van der Waals surface area contributed by atoms with Crippen LogP contribution in [-0.4, -0.2) is 31.9 Å². The summed E-state index contributed by atoms with van der Waals surface area (Å²) >= 11 is 9.38. The van der Waals surface area contributed by atoms with Crippen LogP contribution in [0, 0.1) is 5.92 Å². The third-order valence-corrected chi connectivity index (χ3v) is 7.17. The minimum Gasteiger partial charge on any atom is -0.329 e. The quantitative estimate of drug-likeness (QED) is 0.820. The van der Waals surface area contributed by atoms with Crippen LogP contribution in [0.15, 0.2) is 27.6 Å². The first-order chi connectivity index (χ1) is 9.39. The fourth-order valence-corrected chi connectivity index (χ4v) is 6.15. The number of benzene rings is 1. The van der Waals surface area contributed by atoms with E-state index in [1.54, 1.807) is 18.2 Å². The summed E-state index contributed by atoms with van der Waals surface area (Å²) in [4.78, 5) is 0.134. The molecule has 1 fully saturated rings. The van der Waals surface area contributed by atoms with Gasteiger partial charge >= 0.3 is 0 Å². The van der Waals surface area contributed by atoms with Crippen molar-refractivity contribution in [2.45, 2.75) is 30.7 Å². The highest BCUT2D eigenvalue weighted by atomic mass is 79.9. The fraction of sp³-hybridized carbons (Fsp3) is 0.538. The third-order valence-electron chi connectivity index (χ3n) is 3.79. The van der Waals surface area contributed by atoms with Crippen molar-refractivity contribution in [3.05, 3.63) is 27.7 Å². The number of hydrogen-bond acceptors (Lipinski definition) is 3. The van der Waals surface area contributed by atoms with E-state index >= 15 is 0 Å². The van der Waals surface area contributed by atoms with Gasteiger partial charge in [-0.25, -0.2) is 8.42 Å². The molecule has 8 heteroatoms. The zero-order chi connectivity index (χ0) is 14.9. The first kappa shape index (κ1) is 19.2. The van der Waals surface area contributed by atoms with Crippen LogP contribution in [-0.2, 0) is 10.0 Å². The van der Waals surface area contributed by atoms with E-state index in [0.29, 0.717) is 17.6 Å². The lowest BCUT2D eigenvalue weighted by Gasteiger charge is -2.38. The number of nitrogens with zero attached hydrogens (tertiary/aromatic N) is 1. The molecule has 0 bridgehead atoms. The highest BCUT2D eigenvalue weighted by Crippen LogP contribution is 2.35. The Bertz CT molecular complexity index is 578. The molecule has 1 heterocycles. The molecule has 0 amide bonds. The summed E-state index contributed by atoms with van der Waals surface area (Å²) in [6.07, 6.45) is 1.84. The van der Waals surface area contributed by atoms with E-state index in [-0.39, 0.29) is 34.3 Å². The molecule has 4 nitrogen and oxygen atoms in total. The fourth-order valence-electron chi connectivity index (χ4n) is 2.71. The molecule has 1 aromatic rings. The molecule has 1 aliphatic rings. The van der Waals surface area contributed by atoms with E-state index in [4.69, 9.17) is 17.3 Å². The van der Waals surface area contributed by atoms with Crippen LogP contribution in [0.25, 0.3) is 0 Å². The van der Waals surface area contributed by atoms with Gasteiger partial charge in [0.25, 0.3) is 0 Å². The summed E-state index contributed by atoms with van der Waals surface area (Å²) in [5.74, 6) is 0.254. The summed E-state index contributed by atoms with van der Waals surface area (Å²) in [7, 11) is -3.64. The van der Waals surface area contributed by atoms with Crippen molar-refractivity contribution < 1.29 is 8.42 Å². The van der Waals surface area contributed by atoms with Crippen molar-refractivity contribution in [1.29, 1.82) is 0 Å². The van der Waals surface area contributed by atoms with Crippen molar-refractivity contribution in [3.63, 3.8) is 0 Å².